The van der Waals surface area contributed by atoms with Crippen molar-refractivity contribution in [2.75, 3.05) is 24.6 Å². The third-order valence-corrected chi connectivity index (χ3v) is 3.29. The Bertz CT molecular complexity index is 397. The van der Waals surface area contributed by atoms with Crippen molar-refractivity contribution in [3.8, 4) is 5.88 Å². The van der Waals surface area contributed by atoms with Crippen LogP contribution in [0.25, 0.3) is 0 Å². The largest absolute Gasteiger partial charge is 0.478 e. The monoisotopic (exact) mass is 250 g/mol. The first-order valence-corrected chi connectivity index (χ1v) is 6.69. The molecule has 1 fully saturated rings. The molecule has 1 atom stereocenters. The maximum Gasteiger partial charge on any atom is 0.218 e. The lowest BCUT2D eigenvalue weighted by Gasteiger charge is -2.36. The molecule has 2 rings (SSSR count). The molecule has 1 aliphatic rings. The van der Waals surface area contributed by atoms with Gasteiger partial charge in [-0.05, 0) is 33.1 Å². The van der Waals surface area contributed by atoms with Gasteiger partial charge in [-0.1, -0.05) is 0 Å². The molecule has 18 heavy (non-hydrogen) atoms. The van der Waals surface area contributed by atoms with Gasteiger partial charge >= 0.3 is 0 Å². The lowest BCUT2D eigenvalue weighted by molar-refractivity contribution is 0.325. The Hall–Kier alpha value is -1.36. The molecule has 0 bridgehead atoms. The molecular formula is C13H22N4O. The van der Waals surface area contributed by atoms with Crippen LogP contribution in [0.5, 0.6) is 5.88 Å². The third-order valence-electron chi connectivity index (χ3n) is 3.29. The third kappa shape index (κ3) is 2.90. The van der Waals surface area contributed by atoms with Crippen molar-refractivity contribution < 1.29 is 4.74 Å². The SMILES string of the molecule is CCOc1cc(N2CCCCC2CN)nc(C)n1. The fourth-order valence-corrected chi connectivity index (χ4v) is 2.44. The summed E-state index contributed by atoms with van der Waals surface area (Å²) in [6, 6.07) is 2.31. The molecule has 5 nitrogen and oxygen atoms in total. The van der Waals surface area contributed by atoms with Crippen LogP contribution in [0.3, 0.4) is 0 Å². The summed E-state index contributed by atoms with van der Waals surface area (Å²) in [6.07, 6.45) is 3.59. The van der Waals surface area contributed by atoms with Gasteiger partial charge in [0.05, 0.1) is 6.61 Å². The van der Waals surface area contributed by atoms with Crippen LogP contribution >= 0.6 is 0 Å². The van der Waals surface area contributed by atoms with Gasteiger partial charge in [-0.25, -0.2) is 4.98 Å². The summed E-state index contributed by atoms with van der Waals surface area (Å²) in [5.74, 6) is 2.35. The fraction of sp³-hybridized carbons (Fsp3) is 0.692. The van der Waals surface area contributed by atoms with Crippen LogP contribution in [-0.4, -0.2) is 35.7 Å². The second-order valence-electron chi connectivity index (χ2n) is 4.62. The number of aryl methyl sites for hydroxylation is 1. The summed E-state index contributed by atoms with van der Waals surface area (Å²) in [7, 11) is 0. The number of rotatable bonds is 4. The number of aromatic nitrogens is 2. The average molecular weight is 250 g/mol. The van der Waals surface area contributed by atoms with E-state index in [1.165, 1.54) is 12.8 Å². The molecule has 1 aromatic rings. The van der Waals surface area contributed by atoms with Crippen LogP contribution in [0.4, 0.5) is 5.82 Å². The highest BCUT2D eigenvalue weighted by atomic mass is 16.5. The van der Waals surface area contributed by atoms with Gasteiger partial charge in [-0.2, -0.15) is 4.98 Å². The van der Waals surface area contributed by atoms with Crippen molar-refractivity contribution in [2.45, 2.75) is 39.2 Å². The standard InChI is InChI=1S/C13H22N4O/c1-3-18-13-8-12(15-10(2)16-13)17-7-5-4-6-11(17)9-14/h8,11H,3-7,9,14H2,1-2H3. The molecule has 2 heterocycles. The Morgan fingerprint density at radius 1 is 1.44 bits per heavy atom. The van der Waals surface area contributed by atoms with E-state index in [0.717, 1.165) is 24.6 Å². The number of hydrogen-bond acceptors (Lipinski definition) is 5. The van der Waals surface area contributed by atoms with Gasteiger partial charge in [0.15, 0.2) is 0 Å². The molecule has 5 heteroatoms. The lowest BCUT2D eigenvalue weighted by Crippen LogP contribution is -2.44. The smallest absolute Gasteiger partial charge is 0.218 e. The molecular weight excluding hydrogens is 228 g/mol. The Morgan fingerprint density at radius 3 is 3.00 bits per heavy atom. The van der Waals surface area contributed by atoms with E-state index in [0.29, 0.717) is 25.1 Å². The Balaban J connectivity index is 2.24. The first kappa shape index (κ1) is 13.1. The summed E-state index contributed by atoms with van der Waals surface area (Å²) in [5.41, 5.74) is 5.85. The van der Waals surface area contributed by atoms with Gasteiger partial charge in [-0.15, -0.1) is 0 Å². The highest BCUT2D eigenvalue weighted by Gasteiger charge is 2.23. The van der Waals surface area contributed by atoms with E-state index in [9.17, 15) is 0 Å². The van der Waals surface area contributed by atoms with Gasteiger partial charge < -0.3 is 15.4 Å². The second-order valence-corrected chi connectivity index (χ2v) is 4.62. The number of ether oxygens (including phenoxy) is 1. The number of nitrogens with zero attached hydrogens (tertiary/aromatic N) is 3. The predicted octanol–water partition coefficient (Wildman–Crippen LogP) is 1.50. The van der Waals surface area contributed by atoms with Crippen LogP contribution < -0.4 is 15.4 Å². The van der Waals surface area contributed by atoms with Crippen molar-refractivity contribution in [1.29, 1.82) is 0 Å². The first-order chi connectivity index (χ1) is 8.74. The van der Waals surface area contributed by atoms with Gasteiger partial charge in [0.1, 0.15) is 11.6 Å². The molecule has 1 aliphatic heterocycles. The Morgan fingerprint density at radius 2 is 2.28 bits per heavy atom. The Labute approximate surface area is 108 Å². The highest BCUT2D eigenvalue weighted by molar-refractivity contribution is 5.43. The molecule has 2 N–H and O–H groups in total. The van der Waals surface area contributed by atoms with Crippen molar-refractivity contribution in [2.24, 2.45) is 5.73 Å². The molecule has 0 spiro atoms. The Kier molecular flexibility index (Phi) is 4.36. The average Bonchev–Trinajstić information content (AvgIpc) is 2.38. The quantitative estimate of drug-likeness (QED) is 0.877. The van der Waals surface area contributed by atoms with Crippen LogP contribution in [0, 0.1) is 6.92 Å². The lowest BCUT2D eigenvalue weighted by atomic mass is 10.0. The molecule has 100 valence electrons. The minimum atomic E-state index is 0.391. The maximum atomic E-state index is 5.85. The molecule has 1 aromatic heterocycles. The van der Waals surface area contributed by atoms with Crippen molar-refractivity contribution >= 4 is 5.82 Å². The summed E-state index contributed by atoms with van der Waals surface area (Å²) < 4.78 is 5.48. The van der Waals surface area contributed by atoms with E-state index in [-0.39, 0.29) is 0 Å². The van der Waals surface area contributed by atoms with Crippen molar-refractivity contribution in [3.63, 3.8) is 0 Å². The summed E-state index contributed by atoms with van der Waals surface area (Å²) in [6.45, 7) is 6.17. The first-order valence-electron chi connectivity index (χ1n) is 6.69. The maximum absolute atomic E-state index is 5.85. The van der Waals surface area contributed by atoms with E-state index in [4.69, 9.17) is 10.5 Å². The van der Waals surface area contributed by atoms with Crippen molar-refractivity contribution in [1.82, 2.24) is 9.97 Å². The summed E-state index contributed by atoms with van der Waals surface area (Å²) >= 11 is 0. The van der Waals surface area contributed by atoms with Gasteiger partial charge in [0.2, 0.25) is 5.88 Å². The predicted molar refractivity (Wildman–Crippen MR) is 72.0 cm³/mol. The van der Waals surface area contributed by atoms with Crippen LogP contribution in [-0.2, 0) is 0 Å². The molecule has 0 saturated carbocycles. The van der Waals surface area contributed by atoms with Gasteiger partial charge in [0, 0.05) is 25.2 Å². The molecule has 0 amide bonds. The highest BCUT2D eigenvalue weighted by Crippen LogP contribution is 2.25. The molecule has 1 saturated heterocycles. The van der Waals surface area contributed by atoms with Gasteiger partial charge in [-0.3, -0.25) is 0 Å². The zero-order valence-corrected chi connectivity index (χ0v) is 11.2. The second kappa shape index (κ2) is 6.00. The summed E-state index contributed by atoms with van der Waals surface area (Å²) in [4.78, 5) is 11.1. The zero-order valence-electron chi connectivity index (χ0n) is 11.2. The number of hydrogen-bond donors (Lipinski definition) is 1. The van der Waals surface area contributed by atoms with Crippen LogP contribution in [0.1, 0.15) is 32.0 Å². The summed E-state index contributed by atoms with van der Waals surface area (Å²) in [5, 5.41) is 0. The van der Waals surface area contributed by atoms with Crippen LogP contribution in [0.2, 0.25) is 0 Å². The van der Waals surface area contributed by atoms with Gasteiger partial charge in [0.25, 0.3) is 0 Å². The minimum Gasteiger partial charge on any atom is -0.478 e. The van der Waals surface area contributed by atoms with E-state index in [1.54, 1.807) is 0 Å². The minimum absolute atomic E-state index is 0.391. The number of nitrogens with two attached hydrogens (primary N) is 1. The number of piperidine rings is 1. The molecule has 0 aliphatic carbocycles. The zero-order chi connectivity index (χ0) is 13.0. The molecule has 0 radical (unpaired) electrons. The van der Waals surface area contributed by atoms with E-state index < -0.39 is 0 Å². The normalized spacial score (nSPS) is 19.9. The number of anilines is 1. The topological polar surface area (TPSA) is 64.3 Å². The molecule has 0 aromatic carbocycles. The fourth-order valence-electron chi connectivity index (χ4n) is 2.44. The van der Waals surface area contributed by atoms with Crippen molar-refractivity contribution in [3.05, 3.63) is 11.9 Å². The van der Waals surface area contributed by atoms with E-state index in [1.807, 2.05) is 19.9 Å². The van der Waals surface area contributed by atoms with E-state index >= 15 is 0 Å². The van der Waals surface area contributed by atoms with Crippen LogP contribution in [0.15, 0.2) is 6.07 Å². The molecule has 1 unspecified atom stereocenters. The van der Waals surface area contributed by atoms with E-state index in [2.05, 4.69) is 14.9 Å².